The summed E-state index contributed by atoms with van der Waals surface area (Å²) in [5, 5.41) is 3.26. The van der Waals surface area contributed by atoms with Gasteiger partial charge in [-0.25, -0.2) is 4.98 Å². The van der Waals surface area contributed by atoms with Crippen LogP contribution in [0, 0.1) is 0 Å². The van der Waals surface area contributed by atoms with Gasteiger partial charge in [-0.1, -0.05) is 55.9 Å². The third-order valence-corrected chi connectivity index (χ3v) is 5.43. The van der Waals surface area contributed by atoms with Crippen LogP contribution in [0.1, 0.15) is 38.7 Å². The number of thioether (sulfide) groups is 1. The number of ether oxygens (including phenoxy) is 1. The van der Waals surface area contributed by atoms with Gasteiger partial charge in [0.1, 0.15) is 11.3 Å². The van der Waals surface area contributed by atoms with Crippen molar-refractivity contribution in [3.8, 4) is 0 Å². The predicted octanol–water partition coefficient (Wildman–Crippen LogP) is 5.00. The Morgan fingerprint density at radius 2 is 1.86 bits per heavy atom. The van der Waals surface area contributed by atoms with E-state index in [1.807, 2.05) is 48.5 Å². The lowest BCUT2D eigenvalue weighted by Crippen LogP contribution is -2.31. The molecule has 1 amide bonds. The van der Waals surface area contributed by atoms with Crippen molar-refractivity contribution in [2.75, 3.05) is 11.1 Å². The van der Waals surface area contributed by atoms with Gasteiger partial charge in [-0.2, -0.15) is 0 Å². The van der Waals surface area contributed by atoms with Gasteiger partial charge < -0.3 is 14.5 Å². The van der Waals surface area contributed by atoms with Crippen LogP contribution in [0.5, 0.6) is 0 Å². The summed E-state index contributed by atoms with van der Waals surface area (Å²) in [7, 11) is 0. The maximum atomic E-state index is 12.5. The van der Waals surface area contributed by atoms with Gasteiger partial charge in [0.15, 0.2) is 11.7 Å². The van der Waals surface area contributed by atoms with Crippen LogP contribution >= 0.6 is 11.8 Å². The van der Waals surface area contributed by atoms with Crippen molar-refractivity contribution in [1.29, 1.82) is 0 Å². The fourth-order valence-corrected chi connectivity index (χ4v) is 3.43. The summed E-state index contributed by atoms with van der Waals surface area (Å²) in [6, 6.07) is 15.1. The Bertz CT molecular complexity index is 968. The normalized spacial score (nSPS) is 13.1. The number of carbonyl (C=O) groups excluding carboxylic acids is 2. The van der Waals surface area contributed by atoms with Crippen molar-refractivity contribution in [1.82, 2.24) is 4.98 Å². The highest BCUT2D eigenvalue weighted by atomic mass is 32.2. The van der Waals surface area contributed by atoms with Crippen LogP contribution in [0.2, 0.25) is 0 Å². The molecule has 1 heterocycles. The first-order valence-electron chi connectivity index (χ1n) is 9.55. The lowest BCUT2D eigenvalue weighted by atomic mass is 9.97. The number of oxazole rings is 1. The van der Waals surface area contributed by atoms with Gasteiger partial charge in [0, 0.05) is 5.69 Å². The number of esters is 1. The predicted molar refractivity (Wildman–Crippen MR) is 114 cm³/mol. The van der Waals surface area contributed by atoms with Crippen LogP contribution in [0.25, 0.3) is 11.1 Å². The van der Waals surface area contributed by atoms with E-state index >= 15 is 0 Å². The van der Waals surface area contributed by atoms with Gasteiger partial charge in [0.2, 0.25) is 0 Å². The highest BCUT2D eigenvalue weighted by Crippen LogP contribution is 2.27. The number of hydrogen-bond donors (Lipinski definition) is 1. The molecule has 3 rings (SSSR count). The number of aromatic nitrogens is 1. The van der Waals surface area contributed by atoms with Crippen LogP contribution in [0.15, 0.2) is 58.2 Å². The molecule has 0 aliphatic heterocycles. The molecule has 0 saturated carbocycles. The molecular weight excluding hydrogens is 388 g/mol. The topological polar surface area (TPSA) is 81.4 Å². The number of benzene rings is 2. The second-order valence-corrected chi connectivity index (χ2v) is 7.68. The molecule has 0 spiro atoms. The highest BCUT2D eigenvalue weighted by Gasteiger charge is 2.20. The molecule has 0 aliphatic carbocycles. The summed E-state index contributed by atoms with van der Waals surface area (Å²) in [6.45, 7) is 5.77. The first kappa shape index (κ1) is 20.9. The van der Waals surface area contributed by atoms with Crippen LogP contribution in [-0.4, -0.2) is 28.7 Å². The van der Waals surface area contributed by atoms with Crippen LogP contribution in [-0.2, 0) is 14.3 Å². The molecule has 0 bridgehead atoms. The van der Waals surface area contributed by atoms with E-state index in [-0.39, 0.29) is 11.7 Å². The van der Waals surface area contributed by atoms with Gasteiger partial charge in [-0.15, -0.1) is 0 Å². The van der Waals surface area contributed by atoms with Crippen molar-refractivity contribution in [3.05, 3.63) is 54.1 Å². The molecule has 7 heteroatoms. The van der Waals surface area contributed by atoms with Crippen molar-refractivity contribution >= 4 is 40.4 Å². The minimum Gasteiger partial charge on any atom is -0.452 e. The van der Waals surface area contributed by atoms with E-state index in [9.17, 15) is 9.59 Å². The number of anilines is 1. The number of nitrogens with one attached hydrogen (secondary N) is 1. The summed E-state index contributed by atoms with van der Waals surface area (Å²) in [4.78, 5) is 28.9. The van der Waals surface area contributed by atoms with Crippen molar-refractivity contribution < 1.29 is 18.7 Å². The lowest BCUT2D eigenvalue weighted by molar-refractivity contribution is -0.150. The zero-order valence-corrected chi connectivity index (χ0v) is 17.5. The Balaban J connectivity index is 1.53. The number of fused-ring (bicyclic) bond motifs is 1. The van der Waals surface area contributed by atoms with E-state index in [0.29, 0.717) is 16.7 Å². The Kier molecular flexibility index (Phi) is 6.93. The third-order valence-electron chi connectivity index (χ3n) is 4.63. The summed E-state index contributed by atoms with van der Waals surface area (Å²) in [5.74, 6) is -0.540. The molecule has 1 N–H and O–H groups in total. The minimum absolute atomic E-state index is 0.00783. The zero-order chi connectivity index (χ0) is 20.8. The Hall–Kier alpha value is -2.80. The third kappa shape index (κ3) is 5.38. The smallest absolute Gasteiger partial charge is 0.317 e. The van der Waals surface area contributed by atoms with Gasteiger partial charge >= 0.3 is 5.97 Å². The molecule has 152 valence electrons. The average molecular weight is 413 g/mol. The molecule has 0 radical (unpaired) electrons. The summed E-state index contributed by atoms with van der Waals surface area (Å²) < 4.78 is 10.8. The Morgan fingerprint density at radius 1 is 1.14 bits per heavy atom. The molecule has 0 aliphatic rings. The molecule has 6 nitrogen and oxygen atoms in total. The first-order chi connectivity index (χ1) is 14.0. The maximum Gasteiger partial charge on any atom is 0.317 e. The second kappa shape index (κ2) is 9.60. The van der Waals surface area contributed by atoms with E-state index in [2.05, 4.69) is 24.1 Å². The zero-order valence-electron chi connectivity index (χ0n) is 16.7. The fraction of sp³-hybridized carbons (Fsp3) is 0.318. The van der Waals surface area contributed by atoms with E-state index in [4.69, 9.17) is 9.15 Å². The Morgan fingerprint density at radius 3 is 2.62 bits per heavy atom. The van der Waals surface area contributed by atoms with Gasteiger partial charge in [-0.3, -0.25) is 9.59 Å². The van der Waals surface area contributed by atoms with Crippen molar-refractivity contribution in [3.63, 3.8) is 0 Å². The molecule has 0 unspecified atom stereocenters. The molecule has 3 aromatic rings. The fourth-order valence-electron chi connectivity index (χ4n) is 2.81. The van der Waals surface area contributed by atoms with Crippen molar-refractivity contribution in [2.45, 2.75) is 44.4 Å². The van der Waals surface area contributed by atoms with E-state index in [0.717, 1.165) is 35.0 Å². The molecular formula is C22H24N2O4S. The standard InChI is InChI=1S/C22H24N2O4S/c1-4-14(2)16-9-5-6-10-17(16)23-21(26)15(3)27-20(25)13-29-22-24-18-11-7-8-12-19(18)28-22/h5-12,14-15H,4,13H2,1-3H3,(H,23,26)/t14-,15-/m1/s1. The van der Waals surface area contributed by atoms with Crippen LogP contribution < -0.4 is 5.32 Å². The van der Waals surface area contributed by atoms with Gasteiger partial charge in [0.05, 0.1) is 0 Å². The quantitative estimate of drug-likeness (QED) is 0.414. The van der Waals surface area contributed by atoms with E-state index in [1.54, 1.807) is 6.92 Å². The molecule has 0 saturated heterocycles. The largest absolute Gasteiger partial charge is 0.452 e. The maximum absolute atomic E-state index is 12.5. The van der Waals surface area contributed by atoms with Gasteiger partial charge in [-0.05, 0) is 43.0 Å². The number of hydrogen-bond acceptors (Lipinski definition) is 6. The summed E-state index contributed by atoms with van der Waals surface area (Å²) in [5.41, 5.74) is 3.20. The van der Waals surface area contributed by atoms with Crippen LogP contribution in [0.4, 0.5) is 5.69 Å². The highest BCUT2D eigenvalue weighted by molar-refractivity contribution is 7.99. The monoisotopic (exact) mass is 412 g/mol. The SMILES string of the molecule is CC[C@@H](C)c1ccccc1NC(=O)[C@@H](C)OC(=O)CSc1nc2ccccc2o1. The van der Waals surface area contributed by atoms with E-state index < -0.39 is 12.1 Å². The second-order valence-electron chi connectivity index (χ2n) is 6.75. The van der Waals surface area contributed by atoms with Crippen molar-refractivity contribution in [2.24, 2.45) is 0 Å². The average Bonchev–Trinajstić information content (AvgIpc) is 3.15. The first-order valence-corrected chi connectivity index (χ1v) is 10.5. The number of carbonyl (C=O) groups is 2. The molecule has 2 aromatic carbocycles. The van der Waals surface area contributed by atoms with Crippen LogP contribution in [0.3, 0.4) is 0 Å². The minimum atomic E-state index is -0.906. The summed E-state index contributed by atoms with van der Waals surface area (Å²) >= 11 is 1.14. The number of para-hydroxylation sites is 3. The molecule has 29 heavy (non-hydrogen) atoms. The number of nitrogens with zero attached hydrogens (tertiary/aromatic N) is 1. The number of rotatable bonds is 8. The summed E-state index contributed by atoms with van der Waals surface area (Å²) in [6.07, 6.45) is 0.0570. The van der Waals surface area contributed by atoms with Gasteiger partial charge in [0.25, 0.3) is 11.1 Å². The molecule has 2 atom stereocenters. The lowest BCUT2D eigenvalue weighted by Gasteiger charge is -2.18. The molecule has 1 aromatic heterocycles. The number of amides is 1. The Labute approximate surface area is 174 Å². The van der Waals surface area contributed by atoms with E-state index in [1.165, 1.54) is 0 Å². The molecule has 0 fully saturated rings.